The molecular weight excluding hydrogens is 298 g/mol. The number of rotatable bonds is 5. The van der Waals surface area contributed by atoms with Crippen molar-refractivity contribution in [2.45, 2.75) is 31.3 Å². The Hall–Kier alpha value is -2.15. The largest absolute Gasteiger partial charge is 0.489 e. The van der Waals surface area contributed by atoms with Crippen molar-refractivity contribution >= 4 is 17.7 Å². The van der Waals surface area contributed by atoms with Crippen LogP contribution in [0.4, 0.5) is 11.4 Å². The molecule has 7 heteroatoms. The fraction of sp³-hybridized carbons (Fsp3) is 0.562. The number of likely N-dealkylation sites (tertiary alicyclic amines) is 1. The van der Waals surface area contributed by atoms with Gasteiger partial charge in [0, 0.05) is 18.7 Å². The van der Waals surface area contributed by atoms with Crippen LogP contribution in [-0.2, 0) is 4.79 Å². The van der Waals surface area contributed by atoms with E-state index in [-0.39, 0.29) is 18.3 Å². The van der Waals surface area contributed by atoms with E-state index in [1.807, 2.05) is 4.90 Å². The molecule has 0 aliphatic carbocycles. The molecule has 0 spiro atoms. The Bertz CT molecular complexity index is 607. The number of hydrogen-bond acceptors (Lipinski definition) is 6. The predicted molar refractivity (Wildman–Crippen MR) is 86.1 cm³/mol. The number of nitro groups is 1. The van der Waals surface area contributed by atoms with Crippen molar-refractivity contribution in [3.8, 4) is 5.75 Å². The van der Waals surface area contributed by atoms with Crippen molar-refractivity contribution in [1.29, 1.82) is 0 Å². The molecule has 2 atom stereocenters. The Labute approximate surface area is 135 Å². The summed E-state index contributed by atoms with van der Waals surface area (Å²) in [5.74, 6) is 0.483. The average molecular weight is 319 g/mol. The van der Waals surface area contributed by atoms with Gasteiger partial charge in [-0.3, -0.25) is 10.1 Å². The summed E-state index contributed by atoms with van der Waals surface area (Å²) >= 11 is 0. The molecule has 0 N–H and O–H groups in total. The van der Waals surface area contributed by atoms with E-state index in [0.717, 1.165) is 31.5 Å². The normalized spacial score (nSPS) is 24.1. The third-order valence-electron chi connectivity index (χ3n) is 4.81. The van der Waals surface area contributed by atoms with E-state index in [2.05, 4.69) is 11.9 Å². The van der Waals surface area contributed by atoms with Gasteiger partial charge in [0.05, 0.1) is 16.7 Å². The number of ether oxygens (including phenoxy) is 1. The molecule has 2 unspecified atom stereocenters. The number of anilines is 1. The fourth-order valence-electron chi connectivity index (χ4n) is 3.44. The topological polar surface area (TPSA) is 75.9 Å². The molecule has 23 heavy (non-hydrogen) atoms. The highest BCUT2D eigenvalue weighted by Crippen LogP contribution is 2.36. The summed E-state index contributed by atoms with van der Waals surface area (Å²) in [7, 11) is 2.13. The number of aldehydes is 1. The van der Waals surface area contributed by atoms with Crippen LogP contribution in [0, 0.1) is 10.1 Å². The quantitative estimate of drug-likeness (QED) is 0.468. The fourth-order valence-corrected chi connectivity index (χ4v) is 3.44. The maximum Gasteiger partial charge on any atom is 0.273 e. The minimum atomic E-state index is -0.437. The van der Waals surface area contributed by atoms with E-state index in [1.165, 1.54) is 25.0 Å². The van der Waals surface area contributed by atoms with Crippen LogP contribution < -0.4 is 9.64 Å². The molecule has 0 amide bonds. The molecule has 124 valence electrons. The van der Waals surface area contributed by atoms with Gasteiger partial charge >= 0.3 is 0 Å². The molecule has 7 nitrogen and oxygen atoms in total. The smallest absolute Gasteiger partial charge is 0.273 e. The third kappa shape index (κ3) is 3.14. The number of non-ortho nitro benzene ring substituents is 1. The molecule has 0 radical (unpaired) electrons. The first-order chi connectivity index (χ1) is 11.1. The van der Waals surface area contributed by atoms with Crippen molar-refractivity contribution in [1.82, 2.24) is 4.90 Å². The summed E-state index contributed by atoms with van der Waals surface area (Å²) in [6.07, 6.45) is 4.25. The lowest BCUT2D eigenvalue weighted by Crippen LogP contribution is -2.46. The molecule has 1 aromatic carbocycles. The van der Waals surface area contributed by atoms with Crippen LogP contribution in [0.1, 0.15) is 19.3 Å². The molecule has 1 aromatic rings. The van der Waals surface area contributed by atoms with E-state index in [4.69, 9.17) is 4.74 Å². The zero-order valence-corrected chi connectivity index (χ0v) is 13.2. The molecule has 2 heterocycles. The molecule has 3 rings (SSSR count). The van der Waals surface area contributed by atoms with Gasteiger partial charge in [0.25, 0.3) is 5.69 Å². The number of hydrogen-bond donors (Lipinski definition) is 0. The lowest BCUT2D eigenvalue weighted by Gasteiger charge is -2.36. The highest BCUT2D eigenvalue weighted by Gasteiger charge is 2.30. The molecule has 2 aliphatic heterocycles. The number of benzene rings is 1. The Kier molecular flexibility index (Phi) is 4.47. The van der Waals surface area contributed by atoms with E-state index in [1.54, 1.807) is 6.07 Å². The second kappa shape index (κ2) is 6.54. The predicted octanol–water partition coefficient (Wildman–Crippen LogP) is 1.85. The van der Waals surface area contributed by atoms with Crippen molar-refractivity contribution in [3.05, 3.63) is 28.3 Å². The highest BCUT2D eigenvalue weighted by atomic mass is 16.6. The van der Waals surface area contributed by atoms with Gasteiger partial charge in [0.1, 0.15) is 24.7 Å². The zero-order valence-electron chi connectivity index (χ0n) is 13.2. The van der Waals surface area contributed by atoms with Gasteiger partial charge in [-0.2, -0.15) is 0 Å². The van der Waals surface area contributed by atoms with Gasteiger partial charge in [-0.15, -0.1) is 0 Å². The third-order valence-corrected chi connectivity index (χ3v) is 4.81. The van der Waals surface area contributed by atoms with Crippen LogP contribution in [-0.4, -0.2) is 54.9 Å². The van der Waals surface area contributed by atoms with Crippen molar-refractivity contribution in [3.63, 3.8) is 0 Å². The summed E-state index contributed by atoms with van der Waals surface area (Å²) in [6, 6.07) is 4.78. The van der Waals surface area contributed by atoms with Crippen LogP contribution in [0.3, 0.4) is 0 Å². The summed E-state index contributed by atoms with van der Waals surface area (Å²) in [4.78, 5) is 26.2. The van der Waals surface area contributed by atoms with Crippen molar-refractivity contribution in [2.24, 2.45) is 0 Å². The molecule has 0 bridgehead atoms. The molecule has 0 saturated carbocycles. The van der Waals surface area contributed by atoms with Gasteiger partial charge in [0.15, 0.2) is 0 Å². The summed E-state index contributed by atoms with van der Waals surface area (Å²) in [6.45, 7) is 2.10. The van der Waals surface area contributed by atoms with Gasteiger partial charge in [0.2, 0.25) is 0 Å². The van der Waals surface area contributed by atoms with Gasteiger partial charge in [-0.25, -0.2) is 0 Å². The van der Waals surface area contributed by atoms with Gasteiger partial charge in [-0.05, 0) is 38.9 Å². The van der Waals surface area contributed by atoms with Crippen molar-refractivity contribution < 1.29 is 14.5 Å². The van der Waals surface area contributed by atoms with Crippen LogP contribution in [0.15, 0.2) is 18.2 Å². The summed E-state index contributed by atoms with van der Waals surface area (Å²) in [5.41, 5.74) is 0.767. The number of fused-ring (bicyclic) bond motifs is 1. The standard InChI is InChI=1S/C16H21N3O4/c1-17-7-2-3-12(17)6-8-18-14(10-20)11-23-16-9-13(19(21)22)4-5-15(16)18/h4-5,9-10,12,14H,2-3,6-8,11H2,1H3. The Morgan fingerprint density at radius 2 is 2.30 bits per heavy atom. The lowest BCUT2D eigenvalue weighted by atomic mass is 10.1. The second-order valence-electron chi connectivity index (χ2n) is 6.18. The summed E-state index contributed by atoms with van der Waals surface area (Å²) in [5, 5.41) is 10.9. The molecule has 2 aliphatic rings. The number of carbonyl (C=O) groups excluding carboxylic acids is 1. The van der Waals surface area contributed by atoms with E-state index in [0.29, 0.717) is 11.8 Å². The van der Waals surface area contributed by atoms with Gasteiger partial charge in [-0.1, -0.05) is 0 Å². The first-order valence-corrected chi connectivity index (χ1v) is 7.93. The Balaban J connectivity index is 1.79. The SMILES string of the molecule is CN1CCCC1CCN1c2ccc([N+](=O)[O-])cc2OCC1C=O. The number of nitrogens with zero attached hydrogens (tertiary/aromatic N) is 3. The Morgan fingerprint density at radius 1 is 1.48 bits per heavy atom. The zero-order chi connectivity index (χ0) is 16.4. The van der Waals surface area contributed by atoms with Crippen molar-refractivity contribution in [2.75, 3.05) is 31.6 Å². The number of carbonyl (C=O) groups is 1. The molecule has 1 fully saturated rings. The Morgan fingerprint density at radius 3 is 2.96 bits per heavy atom. The number of nitro benzene ring substituents is 1. The van der Waals surface area contributed by atoms with E-state index < -0.39 is 4.92 Å². The van der Waals surface area contributed by atoms with E-state index >= 15 is 0 Å². The van der Waals surface area contributed by atoms with Crippen LogP contribution in [0.2, 0.25) is 0 Å². The maximum atomic E-state index is 11.4. The first-order valence-electron chi connectivity index (χ1n) is 7.93. The van der Waals surface area contributed by atoms with Crippen LogP contribution in [0.5, 0.6) is 5.75 Å². The monoisotopic (exact) mass is 319 g/mol. The molecule has 0 aromatic heterocycles. The van der Waals surface area contributed by atoms with Crippen LogP contribution in [0.25, 0.3) is 0 Å². The minimum Gasteiger partial charge on any atom is -0.489 e. The first kappa shape index (κ1) is 15.7. The summed E-state index contributed by atoms with van der Waals surface area (Å²) < 4.78 is 5.55. The lowest BCUT2D eigenvalue weighted by molar-refractivity contribution is -0.384. The van der Waals surface area contributed by atoms with E-state index in [9.17, 15) is 14.9 Å². The highest BCUT2D eigenvalue weighted by molar-refractivity contribution is 5.72. The average Bonchev–Trinajstić information content (AvgIpc) is 2.96. The molecule has 1 saturated heterocycles. The second-order valence-corrected chi connectivity index (χ2v) is 6.18. The maximum absolute atomic E-state index is 11.4. The minimum absolute atomic E-state index is 0.00350. The molecular formula is C16H21N3O4. The van der Waals surface area contributed by atoms with Crippen LogP contribution >= 0.6 is 0 Å². The van der Waals surface area contributed by atoms with Gasteiger partial charge < -0.3 is 19.3 Å².